The Morgan fingerprint density at radius 1 is 1.33 bits per heavy atom. The van der Waals surface area contributed by atoms with Gasteiger partial charge in [-0.3, -0.25) is 14.4 Å². The third-order valence-electron chi connectivity index (χ3n) is 3.45. The first-order valence-electron chi connectivity index (χ1n) is 6.77. The van der Waals surface area contributed by atoms with Gasteiger partial charge in [-0.25, -0.2) is 0 Å². The summed E-state index contributed by atoms with van der Waals surface area (Å²) in [5, 5.41) is 8.61. The van der Waals surface area contributed by atoms with Crippen molar-refractivity contribution in [2.75, 3.05) is 11.9 Å². The molecule has 112 valence electrons. The molecule has 0 aliphatic carbocycles. The molecule has 0 bridgehead atoms. The number of carbonyl (C=O) groups excluding carboxylic acids is 2. The molecule has 1 aromatic rings. The zero-order chi connectivity index (χ0) is 15.6. The number of Topliss-reactive ketones (excluding diaryl/α,β-unsaturated/α-hetero) is 1. The van der Waals surface area contributed by atoms with E-state index in [1.54, 1.807) is 25.2 Å². The van der Waals surface area contributed by atoms with Gasteiger partial charge in [-0.15, -0.1) is 0 Å². The largest absolute Gasteiger partial charge is 0.481 e. The molecule has 1 unspecified atom stereocenters. The average Bonchev–Trinajstić information content (AvgIpc) is 2.48. The summed E-state index contributed by atoms with van der Waals surface area (Å²) in [4.78, 5) is 36.0. The number of ether oxygens (including phenoxy) is 1. The second-order valence-corrected chi connectivity index (χ2v) is 4.91. The van der Waals surface area contributed by atoms with Gasteiger partial charge in [0.25, 0.3) is 5.91 Å². The van der Waals surface area contributed by atoms with Crippen molar-refractivity contribution in [2.45, 2.75) is 32.3 Å². The van der Waals surface area contributed by atoms with Crippen molar-refractivity contribution in [2.24, 2.45) is 0 Å². The fourth-order valence-electron chi connectivity index (χ4n) is 2.21. The predicted octanol–water partition coefficient (Wildman–Crippen LogP) is 1.87. The smallest absolute Gasteiger partial charge is 0.303 e. The molecule has 1 heterocycles. The average molecular weight is 291 g/mol. The number of benzene rings is 1. The molecular formula is C15H17NO5. The van der Waals surface area contributed by atoms with Crippen LogP contribution in [0, 0.1) is 0 Å². The number of carboxylic acids is 1. The van der Waals surface area contributed by atoms with Gasteiger partial charge in [0.15, 0.2) is 11.9 Å². The quantitative estimate of drug-likeness (QED) is 0.837. The number of aliphatic carboxylic acids is 1. The van der Waals surface area contributed by atoms with Crippen LogP contribution in [-0.4, -0.2) is 35.9 Å². The summed E-state index contributed by atoms with van der Waals surface area (Å²) in [6, 6.07) is 4.82. The Balaban J connectivity index is 2.25. The summed E-state index contributed by atoms with van der Waals surface area (Å²) in [6.07, 6.45) is -0.207. The fraction of sp³-hybridized carbons (Fsp3) is 0.400. The minimum Gasteiger partial charge on any atom is -0.481 e. The van der Waals surface area contributed by atoms with Crippen molar-refractivity contribution in [3.8, 4) is 5.75 Å². The number of carboxylic acid groups (broad SMARTS) is 1. The topological polar surface area (TPSA) is 83.9 Å². The number of anilines is 1. The maximum atomic E-state index is 12.1. The van der Waals surface area contributed by atoms with Crippen molar-refractivity contribution in [1.29, 1.82) is 0 Å². The van der Waals surface area contributed by atoms with E-state index in [-0.39, 0.29) is 24.5 Å². The van der Waals surface area contributed by atoms with Crippen molar-refractivity contribution >= 4 is 23.3 Å². The molecule has 1 aliphatic rings. The molecule has 0 saturated heterocycles. The molecular weight excluding hydrogens is 274 g/mol. The maximum absolute atomic E-state index is 12.1. The lowest BCUT2D eigenvalue weighted by atomic mass is 10.0. The van der Waals surface area contributed by atoms with Crippen LogP contribution in [0.5, 0.6) is 5.75 Å². The molecule has 0 radical (unpaired) electrons. The number of hydrogen-bond acceptors (Lipinski definition) is 4. The zero-order valence-electron chi connectivity index (χ0n) is 12.0. The van der Waals surface area contributed by atoms with Crippen LogP contribution in [0.1, 0.15) is 36.5 Å². The van der Waals surface area contributed by atoms with E-state index in [0.29, 0.717) is 23.4 Å². The lowest BCUT2D eigenvalue weighted by Gasteiger charge is -2.31. The van der Waals surface area contributed by atoms with E-state index >= 15 is 0 Å². The lowest BCUT2D eigenvalue weighted by Crippen LogP contribution is -2.43. The minimum absolute atomic E-state index is 0.0653. The number of likely N-dealkylation sites (N-methyl/N-ethyl adjacent to an activating group) is 1. The van der Waals surface area contributed by atoms with Crippen molar-refractivity contribution in [1.82, 2.24) is 0 Å². The number of nitrogens with zero attached hydrogens (tertiary/aromatic N) is 1. The highest BCUT2D eigenvalue weighted by Crippen LogP contribution is 2.34. The summed E-state index contributed by atoms with van der Waals surface area (Å²) in [5.74, 6) is -0.875. The predicted molar refractivity (Wildman–Crippen MR) is 75.8 cm³/mol. The first-order chi connectivity index (χ1) is 9.93. The molecule has 0 saturated carbocycles. The van der Waals surface area contributed by atoms with Crippen molar-refractivity contribution in [3.63, 3.8) is 0 Å². The summed E-state index contributed by atoms with van der Waals surface area (Å²) < 4.78 is 5.60. The first-order valence-corrected chi connectivity index (χ1v) is 6.77. The highest BCUT2D eigenvalue weighted by atomic mass is 16.5. The van der Waals surface area contributed by atoms with Gasteiger partial charge in [-0.1, -0.05) is 6.92 Å². The molecule has 6 heteroatoms. The molecule has 0 fully saturated rings. The molecule has 1 N–H and O–H groups in total. The monoisotopic (exact) mass is 291 g/mol. The third kappa shape index (κ3) is 3.04. The minimum atomic E-state index is -1.01. The van der Waals surface area contributed by atoms with Crippen LogP contribution < -0.4 is 9.64 Å². The van der Waals surface area contributed by atoms with Crippen LogP contribution >= 0.6 is 0 Å². The number of carbonyl (C=O) groups is 3. The number of ketones is 1. The van der Waals surface area contributed by atoms with Crippen LogP contribution in [0.15, 0.2) is 18.2 Å². The molecule has 21 heavy (non-hydrogen) atoms. The van der Waals surface area contributed by atoms with Crippen LogP contribution in [0.3, 0.4) is 0 Å². The normalized spacial score (nSPS) is 17.1. The van der Waals surface area contributed by atoms with Gasteiger partial charge in [-0.2, -0.15) is 0 Å². The molecule has 1 aliphatic heterocycles. The fourth-order valence-corrected chi connectivity index (χ4v) is 2.21. The molecule has 0 spiro atoms. The molecule has 2 rings (SSSR count). The first kappa shape index (κ1) is 15.0. The highest BCUT2D eigenvalue weighted by Gasteiger charge is 2.31. The molecule has 1 atom stereocenters. The Kier molecular flexibility index (Phi) is 4.26. The van der Waals surface area contributed by atoms with E-state index in [1.165, 1.54) is 4.90 Å². The van der Waals surface area contributed by atoms with Crippen molar-refractivity contribution < 1.29 is 24.2 Å². The van der Waals surface area contributed by atoms with Gasteiger partial charge in [0.2, 0.25) is 0 Å². The van der Waals surface area contributed by atoms with Gasteiger partial charge >= 0.3 is 5.97 Å². The van der Waals surface area contributed by atoms with Crippen LogP contribution in [0.4, 0.5) is 5.69 Å². The zero-order valence-corrected chi connectivity index (χ0v) is 12.0. The Labute approximate surface area is 122 Å². The standard InChI is InChI=1S/C15H17NO5/c1-3-12-15(20)16(2)10-8-9(4-6-13(10)21-12)11(17)5-7-14(18)19/h4,6,8,12H,3,5,7H2,1-2H3,(H,18,19). The van der Waals surface area contributed by atoms with Gasteiger partial charge in [0.05, 0.1) is 12.1 Å². The van der Waals surface area contributed by atoms with Crippen LogP contribution in [-0.2, 0) is 9.59 Å². The lowest BCUT2D eigenvalue weighted by molar-refractivity contribution is -0.137. The van der Waals surface area contributed by atoms with E-state index in [0.717, 1.165) is 0 Å². The number of rotatable bonds is 5. The summed E-state index contributed by atoms with van der Waals surface area (Å²) in [7, 11) is 1.64. The van der Waals surface area contributed by atoms with Crippen molar-refractivity contribution in [3.05, 3.63) is 23.8 Å². The highest BCUT2D eigenvalue weighted by molar-refractivity contribution is 6.03. The van der Waals surface area contributed by atoms with Gasteiger partial charge < -0.3 is 14.7 Å². The second-order valence-electron chi connectivity index (χ2n) is 4.91. The number of hydrogen-bond donors (Lipinski definition) is 1. The summed E-state index contributed by atoms with van der Waals surface area (Å²) >= 11 is 0. The molecule has 1 aromatic carbocycles. The Morgan fingerprint density at radius 3 is 2.67 bits per heavy atom. The van der Waals surface area contributed by atoms with E-state index in [1.807, 2.05) is 6.92 Å². The molecule has 6 nitrogen and oxygen atoms in total. The van der Waals surface area contributed by atoms with E-state index in [9.17, 15) is 14.4 Å². The van der Waals surface area contributed by atoms with Gasteiger partial charge in [0.1, 0.15) is 5.75 Å². The molecule has 0 aromatic heterocycles. The number of fused-ring (bicyclic) bond motifs is 1. The van der Waals surface area contributed by atoms with Gasteiger partial charge in [-0.05, 0) is 24.6 Å². The summed E-state index contributed by atoms with van der Waals surface area (Å²) in [6.45, 7) is 1.87. The Morgan fingerprint density at radius 2 is 2.05 bits per heavy atom. The van der Waals surface area contributed by atoms with E-state index < -0.39 is 12.1 Å². The third-order valence-corrected chi connectivity index (χ3v) is 3.45. The SMILES string of the molecule is CCC1Oc2ccc(C(=O)CCC(=O)O)cc2N(C)C1=O. The van der Waals surface area contributed by atoms with Crippen LogP contribution in [0.2, 0.25) is 0 Å². The number of amides is 1. The van der Waals surface area contributed by atoms with E-state index in [2.05, 4.69) is 0 Å². The summed E-state index contributed by atoms with van der Waals surface area (Å²) in [5.41, 5.74) is 0.916. The Bertz CT molecular complexity index is 596. The Hall–Kier alpha value is -2.37. The second kappa shape index (κ2) is 5.95. The maximum Gasteiger partial charge on any atom is 0.303 e. The van der Waals surface area contributed by atoms with Crippen LogP contribution in [0.25, 0.3) is 0 Å². The molecule has 1 amide bonds. The van der Waals surface area contributed by atoms with Gasteiger partial charge in [0, 0.05) is 19.0 Å². The van der Waals surface area contributed by atoms with E-state index in [4.69, 9.17) is 9.84 Å².